The van der Waals surface area contributed by atoms with E-state index < -0.39 is 0 Å². The lowest BCUT2D eigenvalue weighted by molar-refractivity contribution is 0.179. The van der Waals surface area contributed by atoms with Gasteiger partial charge in [0.2, 0.25) is 5.89 Å². The number of hydrogen-bond donors (Lipinski definition) is 1. The van der Waals surface area contributed by atoms with E-state index in [0.29, 0.717) is 11.1 Å². The van der Waals surface area contributed by atoms with E-state index in [1.165, 1.54) is 12.8 Å². The van der Waals surface area contributed by atoms with E-state index in [-0.39, 0.29) is 24.8 Å². The van der Waals surface area contributed by atoms with Crippen molar-refractivity contribution in [2.75, 3.05) is 20.1 Å². The summed E-state index contributed by atoms with van der Waals surface area (Å²) >= 11 is 6.01. The van der Waals surface area contributed by atoms with Crippen molar-refractivity contribution in [1.82, 2.24) is 15.2 Å². The van der Waals surface area contributed by atoms with Gasteiger partial charge in [0.1, 0.15) is 0 Å². The van der Waals surface area contributed by atoms with Gasteiger partial charge < -0.3 is 9.73 Å². The largest absolute Gasteiger partial charge is 0.439 e. The molecule has 2 aromatic rings. The van der Waals surface area contributed by atoms with Crippen molar-refractivity contribution >= 4 is 36.4 Å². The maximum atomic E-state index is 6.01. The maximum absolute atomic E-state index is 6.01. The Morgan fingerprint density at radius 2 is 2.04 bits per heavy atom. The normalized spacial score (nSPS) is 15.7. The van der Waals surface area contributed by atoms with Gasteiger partial charge in [-0.15, -0.1) is 24.8 Å². The van der Waals surface area contributed by atoms with E-state index in [1.807, 2.05) is 31.3 Å². The third-order valence-corrected chi connectivity index (χ3v) is 4.25. The molecule has 2 heterocycles. The van der Waals surface area contributed by atoms with Crippen LogP contribution in [0.5, 0.6) is 0 Å². The monoisotopic (exact) mass is 377 g/mol. The van der Waals surface area contributed by atoms with Crippen LogP contribution < -0.4 is 5.32 Å². The van der Waals surface area contributed by atoms with E-state index in [0.717, 1.165) is 36.8 Å². The molecule has 23 heavy (non-hydrogen) atoms. The van der Waals surface area contributed by atoms with Crippen LogP contribution in [0.2, 0.25) is 5.02 Å². The molecule has 0 saturated carbocycles. The first-order chi connectivity index (χ1) is 10.2. The second-order valence-electron chi connectivity index (χ2n) is 5.47. The zero-order valence-electron chi connectivity index (χ0n) is 13.0. The molecule has 1 aromatic heterocycles. The molecule has 1 saturated heterocycles. The summed E-state index contributed by atoms with van der Waals surface area (Å²) in [6, 6.07) is 8.29. The van der Waals surface area contributed by atoms with Gasteiger partial charge in [0.15, 0.2) is 5.76 Å². The van der Waals surface area contributed by atoms with Crippen LogP contribution >= 0.6 is 36.4 Å². The van der Waals surface area contributed by atoms with Crippen molar-refractivity contribution in [2.45, 2.75) is 25.4 Å². The minimum Gasteiger partial charge on any atom is -0.439 e. The summed E-state index contributed by atoms with van der Waals surface area (Å²) < 4.78 is 5.85. The highest BCUT2D eigenvalue weighted by molar-refractivity contribution is 6.30. The highest BCUT2D eigenvalue weighted by Crippen LogP contribution is 2.24. The van der Waals surface area contributed by atoms with Crippen LogP contribution in [0.15, 0.2) is 34.9 Å². The molecule has 0 spiro atoms. The Balaban J connectivity index is 0.00000132. The van der Waals surface area contributed by atoms with Gasteiger partial charge in [-0.25, -0.2) is 4.98 Å². The minimum absolute atomic E-state index is 0. The van der Waals surface area contributed by atoms with Crippen molar-refractivity contribution < 1.29 is 4.42 Å². The number of aromatic nitrogens is 1. The molecule has 128 valence electrons. The molecule has 1 aromatic carbocycles. The van der Waals surface area contributed by atoms with Gasteiger partial charge in [-0.2, -0.15) is 0 Å². The molecule has 7 heteroatoms. The fraction of sp³-hybridized carbons (Fsp3) is 0.438. The molecule has 0 atom stereocenters. The molecule has 1 N–H and O–H groups in total. The number of nitrogens with one attached hydrogen (secondary N) is 1. The summed E-state index contributed by atoms with van der Waals surface area (Å²) in [6.45, 7) is 2.94. The standard InChI is InChI=1S/C16H20ClN3O.2ClH/c1-18-14-5-7-20(8-6-14)11-16-19-10-15(21-16)12-3-2-4-13(17)9-12;;/h2-4,9-10,14,18H,5-8,11H2,1H3;2*1H. The molecule has 0 amide bonds. The van der Waals surface area contributed by atoms with Gasteiger partial charge in [-0.1, -0.05) is 23.7 Å². The molecule has 1 fully saturated rings. The predicted octanol–water partition coefficient (Wildman–Crippen LogP) is 4.02. The van der Waals surface area contributed by atoms with Gasteiger partial charge in [0.05, 0.1) is 12.7 Å². The maximum Gasteiger partial charge on any atom is 0.209 e. The van der Waals surface area contributed by atoms with Gasteiger partial charge in [-0.05, 0) is 32.0 Å². The van der Waals surface area contributed by atoms with Gasteiger partial charge >= 0.3 is 0 Å². The van der Waals surface area contributed by atoms with Crippen molar-refractivity contribution in [3.63, 3.8) is 0 Å². The summed E-state index contributed by atoms with van der Waals surface area (Å²) in [5, 5.41) is 4.05. The SMILES string of the molecule is CNC1CCN(Cc2ncc(-c3cccc(Cl)c3)o2)CC1.Cl.Cl. The highest BCUT2D eigenvalue weighted by atomic mass is 35.5. The summed E-state index contributed by atoms with van der Waals surface area (Å²) in [4.78, 5) is 6.78. The molecule has 3 rings (SSSR count). The average molecular weight is 379 g/mol. The van der Waals surface area contributed by atoms with Crippen LogP contribution in [-0.4, -0.2) is 36.1 Å². The van der Waals surface area contributed by atoms with Crippen LogP contribution in [-0.2, 0) is 6.54 Å². The van der Waals surface area contributed by atoms with E-state index in [2.05, 4.69) is 15.2 Å². The quantitative estimate of drug-likeness (QED) is 0.872. The lowest BCUT2D eigenvalue weighted by Crippen LogP contribution is -2.40. The Morgan fingerprint density at radius 3 is 2.70 bits per heavy atom. The molecule has 1 aliphatic heterocycles. The van der Waals surface area contributed by atoms with Crippen molar-refractivity contribution in [1.29, 1.82) is 0 Å². The summed E-state index contributed by atoms with van der Waals surface area (Å²) in [5.41, 5.74) is 0.968. The van der Waals surface area contributed by atoms with Crippen LogP contribution in [0.1, 0.15) is 18.7 Å². The van der Waals surface area contributed by atoms with Crippen molar-refractivity contribution in [3.05, 3.63) is 41.4 Å². The fourth-order valence-electron chi connectivity index (χ4n) is 2.73. The smallest absolute Gasteiger partial charge is 0.209 e. The number of oxazole rings is 1. The summed E-state index contributed by atoms with van der Waals surface area (Å²) in [5.74, 6) is 1.55. The number of halogens is 3. The Bertz CT molecular complexity index is 598. The second kappa shape index (κ2) is 9.50. The molecule has 0 aliphatic carbocycles. The highest BCUT2D eigenvalue weighted by Gasteiger charge is 2.19. The first-order valence-corrected chi connectivity index (χ1v) is 7.72. The zero-order valence-corrected chi connectivity index (χ0v) is 15.4. The molecular weight excluding hydrogens is 357 g/mol. The zero-order chi connectivity index (χ0) is 14.7. The number of likely N-dealkylation sites (tertiary alicyclic amines) is 1. The lowest BCUT2D eigenvalue weighted by Gasteiger charge is -2.30. The van der Waals surface area contributed by atoms with E-state index >= 15 is 0 Å². The molecule has 0 radical (unpaired) electrons. The second-order valence-corrected chi connectivity index (χ2v) is 5.90. The van der Waals surface area contributed by atoms with Crippen LogP contribution in [0.3, 0.4) is 0 Å². The van der Waals surface area contributed by atoms with E-state index in [9.17, 15) is 0 Å². The molecule has 1 aliphatic rings. The first kappa shape index (κ1) is 20.3. The van der Waals surface area contributed by atoms with E-state index in [4.69, 9.17) is 16.0 Å². The molecule has 0 bridgehead atoms. The number of nitrogens with zero attached hydrogens (tertiary/aromatic N) is 2. The van der Waals surface area contributed by atoms with Crippen LogP contribution in [0.25, 0.3) is 11.3 Å². The average Bonchev–Trinajstić information content (AvgIpc) is 2.97. The van der Waals surface area contributed by atoms with Gasteiger partial charge in [-0.3, -0.25) is 4.90 Å². The van der Waals surface area contributed by atoms with E-state index in [1.54, 1.807) is 6.20 Å². The Hall–Kier alpha value is -0.780. The molecule has 4 nitrogen and oxygen atoms in total. The molecule has 0 unspecified atom stereocenters. The number of rotatable bonds is 4. The van der Waals surface area contributed by atoms with Gasteiger partial charge in [0.25, 0.3) is 0 Å². The summed E-state index contributed by atoms with van der Waals surface area (Å²) in [6.07, 6.45) is 4.14. The predicted molar refractivity (Wildman–Crippen MR) is 98.8 cm³/mol. The summed E-state index contributed by atoms with van der Waals surface area (Å²) in [7, 11) is 2.03. The van der Waals surface area contributed by atoms with Crippen molar-refractivity contribution in [2.24, 2.45) is 0 Å². The van der Waals surface area contributed by atoms with Gasteiger partial charge in [0, 0.05) is 29.7 Å². The Labute approximate surface area is 154 Å². The topological polar surface area (TPSA) is 41.3 Å². The third kappa shape index (κ3) is 5.37. The lowest BCUT2D eigenvalue weighted by atomic mass is 10.1. The van der Waals surface area contributed by atoms with Crippen LogP contribution in [0, 0.1) is 0 Å². The first-order valence-electron chi connectivity index (χ1n) is 7.35. The van der Waals surface area contributed by atoms with Crippen LogP contribution in [0.4, 0.5) is 0 Å². The van der Waals surface area contributed by atoms with Crippen molar-refractivity contribution in [3.8, 4) is 11.3 Å². The molecular formula is C16H22Cl3N3O. The number of hydrogen-bond acceptors (Lipinski definition) is 4. The fourth-order valence-corrected chi connectivity index (χ4v) is 2.92. The third-order valence-electron chi connectivity index (χ3n) is 4.02. The Morgan fingerprint density at radius 1 is 1.30 bits per heavy atom. The number of benzene rings is 1. The number of piperidine rings is 1. The Kier molecular flexibility index (Phi) is 8.37. The minimum atomic E-state index is 0.